The van der Waals surface area contributed by atoms with E-state index in [1.165, 1.54) is 0 Å². The zero-order valence-electron chi connectivity index (χ0n) is 9.73. The van der Waals surface area contributed by atoms with Gasteiger partial charge in [0.2, 0.25) is 0 Å². The Bertz CT molecular complexity index is 323. The molecule has 0 aliphatic carbocycles. The lowest BCUT2D eigenvalue weighted by Crippen LogP contribution is -2.40. The van der Waals surface area contributed by atoms with Gasteiger partial charge in [0.15, 0.2) is 0 Å². The van der Waals surface area contributed by atoms with Crippen molar-refractivity contribution in [1.29, 1.82) is 0 Å². The van der Waals surface area contributed by atoms with Crippen LogP contribution >= 0.6 is 0 Å². The second-order valence-corrected chi connectivity index (χ2v) is 6.65. The van der Waals surface area contributed by atoms with Crippen molar-refractivity contribution in [3.63, 3.8) is 0 Å². The minimum absolute atomic E-state index is 0.110. The minimum atomic E-state index is -2.83. The maximum atomic E-state index is 11.2. The van der Waals surface area contributed by atoms with Gasteiger partial charge in [-0.05, 0) is 26.7 Å². The topological polar surface area (TPSA) is 72.5 Å². The van der Waals surface area contributed by atoms with Crippen LogP contribution in [0.25, 0.3) is 0 Å². The summed E-state index contributed by atoms with van der Waals surface area (Å²) in [5.41, 5.74) is 0. The first-order chi connectivity index (χ1) is 7.39. The molecule has 1 aliphatic rings. The van der Waals surface area contributed by atoms with Crippen LogP contribution < -0.4 is 5.32 Å². The van der Waals surface area contributed by atoms with Gasteiger partial charge in [-0.1, -0.05) is 0 Å². The smallest absolute Gasteiger partial charge is 0.320 e. The second-order valence-electron chi connectivity index (χ2n) is 4.35. The molecule has 0 spiro atoms. The van der Waals surface area contributed by atoms with Crippen molar-refractivity contribution in [2.45, 2.75) is 38.8 Å². The summed E-state index contributed by atoms with van der Waals surface area (Å²) in [5, 5.41) is 3.03. The summed E-state index contributed by atoms with van der Waals surface area (Å²) in [5.74, 6) is 0.136. The zero-order valence-corrected chi connectivity index (χ0v) is 10.5. The molecule has 16 heavy (non-hydrogen) atoms. The van der Waals surface area contributed by atoms with Gasteiger partial charge in [0.25, 0.3) is 0 Å². The number of ether oxygens (including phenoxy) is 1. The molecule has 1 saturated heterocycles. The van der Waals surface area contributed by atoms with E-state index in [4.69, 9.17) is 4.74 Å². The first-order valence-corrected chi connectivity index (χ1v) is 7.34. The van der Waals surface area contributed by atoms with Crippen LogP contribution in [-0.4, -0.2) is 44.6 Å². The zero-order chi connectivity index (χ0) is 12.2. The number of esters is 1. The minimum Gasteiger partial charge on any atom is -0.462 e. The van der Waals surface area contributed by atoms with E-state index in [9.17, 15) is 13.2 Å². The molecule has 0 bridgehead atoms. The van der Waals surface area contributed by atoms with Gasteiger partial charge >= 0.3 is 5.97 Å². The van der Waals surface area contributed by atoms with Gasteiger partial charge in [0.05, 0.1) is 24.2 Å². The van der Waals surface area contributed by atoms with E-state index in [1.807, 2.05) is 0 Å². The SMILES string of the molecule is CC(C)OC(=O)CNC1CCS(=O)(=O)CC1. The summed E-state index contributed by atoms with van der Waals surface area (Å²) >= 11 is 0. The summed E-state index contributed by atoms with van der Waals surface area (Å²) in [6, 6.07) is 0.114. The number of rotatable bonds is 4. The molecule has 0 amide bonds. The number of carbonyl (C=O) groups is 1. The highest BCUT2D eigenvalue weighted by Gasteiger charge is 2.23. The molecule has 0 aromatic carbocycles. The number of carbonyl (C=O) groups excluding carboxylic acids is 1. The van der Waals surface area contributed by atoms with Crippen LogP contribution in [-0.2, 0) is 19.4 Å². The van der Waals surface area contributed by atoms with Crippen LogP contribution in [0.4, 0.5) is 0 Å². The Balaban J connectivity index is 2.22. The molecule has 5 nitrogen and oxygen atoms in total. The quantitative estimate of drug-likeness (QED) is 0.716. The Morgan fingerprint density at radius 2 is 1.94 bits per heavy atom. The fourth-order valence-corrected chi connectivity index (χ4v) is 3.12. The number of nitrogens with one attached hydrogen (secondary N) is 1. The molecule has 6 heteroatoms. The average Bonchev–Trinajstić information content (AvgIpc) is 2.15. The fraction of sp³-hybridized carbons (Fsp3) is 0.900. The Labute approximate surface area is 96.5 Å². The van der Waals surface area contributed by atoms with Crippen molar-refractivity contribution in [1.82, 2.24) is 5.32 Å². The highest BCUT2D eigenvalue weighted by atomic mass is 32.2. The molecule has 94 valence electrons. The maximum absolute atomic E-state index is 11.2. The summed E-state index contributed by atoms with van der Waals surface area (Å²) in [6.07, 6.45) is 1.05. The lowest BCUT2D eigenvalue weighted by molar-refractivity contribution is -0.146. The van der Waals surface area contributed by atoms with Crippen LogP contribution in [0.2, 0.25) is 0 Å². The van der Waals surface area contributed by atoms with Gasteiger partial charge < -0.3 is 10.1 Å². The van der Waals surface area contributed by atoms with Crippen LogP contribution in [0.15, 0.2) is 0 Å². The summed E-state index contributed by atoms with van der Waals surface area (Å²) in [4.78, 5) is 11.2. The maximum Gasteiger partial charge on any atom is 0.320 e. The van der Waals surface area contributed by atoms with Gasteiger partial charge in [-0.15, -0.1) is 0 Å². The molecule has 0 aromatic rings. The molecule has 0 radical (unpaired) electrons. The lowest BCUT2D eigenvalue weighted by atomic mass is 10.1. The second kappa shape index (κ2) is 5.63. The average molecular weight is 249 g/mol. The Kier molecular flexibility index (Phi) is 4.73. The highest BCUT2D eigenvalue weighted by Crippen LogP contribution is 2.11. The van der Waals surface area contributed by atoms with Gasteiger partial charge in [0, 0.05) is 6.04 Å². The third-order valence-corrected chi connectivity index (χ3v) is 4.17. The summed E-state index contributed by atoms with van der Waals surface area (Å²) in [6.45, 7) is 3.75. The molecule has 0 saturated carbocycles. The van der Waals surface area contributed by atoms with Gasteiger partial charge in [0.1, 0.15) is 9.84 Å². The monoisotopic (exact) mass is 249 g/mol. The molecule has 0 aromatic heterocycles. The van der Waals surface area contributed by atoms with E-state index in [0.29, 0.717) is 12.8 Å². The van der Waals surface area contributed by atoms with Crippen molar-refractivity contribution < 1.29 is 17.9 Å². The summed E-state index contributed by atoms with van der Waals surface area (Å²) < 4.78 is 27.3. The highest BCUT2D eigenvalue weighted by molar-refractivity contribution is 7.91. The van der Waals surface area contributed by atoms with E-state index in [-0.39, 0.29) is 36.2 Å². The molecule has 1 heterocycles. The van der Waals surface area contributed by atoms with Gasteiger partial charge in [-0.3, -0.25) is 4.79 Å². The van der Waals surface area contributed by atoms with Gasteiger partial charge in [-0.25, -0.2) is 8.42 Å². The number of hydrogen-bond donors (Lipinski definition) is 1. The van der Waals surface area contributed by atoms with Crippen LogP contribution in [0, 0.1) is 0 Å². The molecule has 1 aliphatic heterocycles. The van der Waals surface area contributed by atoms with Crippen molar-refractivity contribution in [3.05, 3.63) is 0 Å². The standard InChI is InChI=1S/C10H19NO4S/c1-8(2)15-10(12)7-11-9-3-5-16(13,14)6-4-9/h8-9,11H,3-7H2,1-2H3. The molecule has 1 N–H and O–H groups in total. The molecule has 0 unspecified atom stereocenters. The molecule has 1 rings (SSSR count). The Morgan fingerprint density at radius 3 is 2.44 bits per heavy atom. The van der Waals surface area contributed by atoms with Crippen LogP contribution in [0.1, 0.15) is 26.7 Å². The largest absolute Gasteiger partial charge is 0.462 e. The fourth-order valence-electron chi connectivity index (χ4n) is 1.63. The van der Waals surface area contributed by atoms with E-state index < -0.39 is 9.84 Å². The molecular formula is C10H19NO4S. The lowest BCUT2D eigenvalue weighted by Gasteiger charge is -2.22. The van der Waals surface area contributed by atoms with E-state index >= 15 is 0 Å². The Morgan fingerprint density at radius 1 is 1.38 bits per heavy atom. The number of sulfone groups is 1. The van der Waals surface area contributed by atoms with Crippen LogP contribution in [0.5, 0.6) is 0 Å². The summed E-state index contributed by atoms with van der Waals surface area (Å²) in [7, 11) is -2.83. The molecular weight excluding hydrogens is 230 g/mol. The van der Waals surface area contributed by atoms with Crippen molar-refractivity contribution >= 4 is 15.8 Å². The molecule has 1 fully saturated rings. The third kappa shape index (κ3) is 4.94. The number of hydrogen-bond acceptors (Lipinski definition) is 5. The molecule has 0 atom stereocenters. The van der Waals surface area contributed by atoms with Gasteiger partial charge in [-0.2, -0.15) is 0 Å². The van der Waals surface area contributed by atoms with Crippen molar-refractivity contribution in [2.24, 2.45) is 0 Å². The van der Waals surface area contributed by atoms with E-state index in [2.05, 4.69) is 5.32 Å². The third-order valence-electron chi connectivity index (χ3n) is 2.46. The Hall–Kier alpha value is -0.620. The predicted molar refractivity (Wildman–Crippen MR) is 60.9 cm³/mol. The predicted octanol–water partition coefficient (Wildman–Crippen LogP) is 0.105. The normalized spacial score (nSPS) is 20.9. The van der Waals surface area contributed by atoms with Crippen molar-refractivity contribution in [2.75, 3.05) is 18.1 Å². The first-order valence-electron chi connectivity index (χ1n) is 5.52. The van der Waals surface area contributed by atoms with E-state index in [0.717, 1.165) is 0 Å². The van der Waals surface area contributed by atoms with Crippen LogP contribution in [0.3, 0.4) is 0 Å². The van der Waals surface area contributed by atoms with Crippen molar-refractivity contribution in [3.8, 4) is 0 Å². The first kappa shape index (κ1) is 13.4. The van der Waals surface area contributed by atoms with E-state index in [1.54, 1.807) is 13.8 Å².